The largest absolute Gasteiger partial charge is 0.453 e. The molecule has 1 fully saturated rings. The Morgan fingerprint density at radius 1 is 0.760 bits per heavy atom. The normalized spacial score (nSPS) is 27.6. The summed E-state index contributed by atoms with van der Waals surface area (Å²) in [4.78, 5) is 0. The summed E-state index contributed by atoms with van der Waals surface area (Å²) >= 11 is 0. The first-order valence-corrected chi connectivity index (χ1v) is 5.93. The van der Waals surface area contributed by atoms with Crippen LogP contribution in [-0.4, -0.2) is 43.7 Å². The van der Waals surface area contributed by atoms with Crippen LogP contribution in [0.4, 0.5) is 43.9 Å². The molecule has 1 heterocycles. The maximum atomic E-state index is 13.2. The van der Waals surface area contributed by atoms with Crippen LogP contribution in [0.3, 0.4) is 0 Å². The Bertz CT molecular complexity index is 316. The zero-order valence-electron chi connectivity index (χ0n) is 12.5. The van der Waals surface area contributed by atoms with Crippen LogP contribution in [0.2, 0.25) is 0 Å². The predicted octanol–water partition coefficient (Wildman–Crippen LogP) is 6.45. The van der Waals surface area contributed by atoms with E-state index >= 15 is 0 Å². The standard InChI is InChI=1S/C7H6F8O2.C3H7F.CH3F.2CH4/c1-3(8)4(2,9)17-5(16-3,6(10,11)12)7(13,14)15;1-2-3-4;1-2;;/h1-2H3;2-3H2,1H3;1H3;2*1H4. The van der Waals surface area contributed by atoms with Gasteiger partial charge in [0.25, 0.3) is 11.7 Å². The van der Waals surface area contributed by atoms with Crippen LogP contribution in [0, 0.1) is 0 Å². The molecule has 1 aliphatic rings. The summed E-state index contributed by atoms with van der Waals surface area (Å²) in [5, 5.41) is 0. The minimum absolute atomic E-state index is 0. The smallest absolute Gasteiger partial charge is 0.293 e. The number of ether oxygens (including phenoxy) is 2. The zero-order valence-corrected chi connectivity index (χ0v) is 12.5. The van der Waals surface area contributed by atoms with Crippen molar-refractivity contribution in [1.82, 2.24) is 0 Å². The van der Waals surface area contributed by atoms with Crippen LogP contribution in [0.5, 0.6) is 0 Å². The van der Waals surface area contributed by atoms with Gasteiger partial charge in [-0.2, -0.15) is 26.3 Å². The van der Waals surface area contributed by atoms with Crippen molar-refractivity contribution in [1.29, 1.82) is 0 Å². The van der Waals surface area contributed by atoms with Crippen molar-refractivity contribution in [3.05, 3.63) is 0 Å². The first-order valence-electron chi connectivity index (χ1n) is 5.93. The van der Waals surface area contributed by atoms with Crippen LogP contribution in [0.25, 0.3) is 0 Å². The molecule has 2 atom stereocenters. The molecule has 2 nitrogen and oxygen atoms in total. The molecule has 0 aliphatic carbocycles. The van der Waals surface area contributed by atoms with Gasteiger partial charge in [0.05, 0.1) is 13.9 Å². The van der Waals surface area contributed by atoms with Crippen molar-refractivity contribution in [3.8, 4) is 0 Å². The summed E-state index contributed by atoms with van der Waals surface area (Å²) in [6.07, 6.45) is -11.7. The van der Waals surface area contributed by atoms with Crippen molar-refractivity contribution >= 4 is 0 Å². The van der Waals surface area contributed by atoms with Gasteiger partial charge in [-0.25, -0.2) is 8.78 Å². The van der Waals surface area contributed by atoms with E-state index in [2.05, 4.69) is 9.47 Å². The molecule has 0 bridgehead atoms. The Kier molecular flexibility index (Phi) is 13.3. The fourth-order valence-electron chi connectivity index (χ4n) is 1.14. The maximum absolute atomic E-state index is 13.2. The lowest BCUT2D eigenvalue weighted by atomic mass is 10.2. The van der Waals surface area contributed by atoms with Crippen molar-refractivity contribution < 1.29 is 53.4 Å². The highest BCUT2D eigenvalue weighted by molar-refractivity contribution is 4.99. The Hall–Kier alpha value is -0.780. The van der Waals surface area contributed by atoms with Crippen LogP contribution in [0.1, 0.15) is 42.0 Å². The molecule has 158 valence electrons. The molecule has 2 unspecified atom stereocenters. The second-order valence-electron chi connectivity index (χ2n) is 4.34. The summed E-state index contributed by atoms with van der Waals surface area (Å²) < 4.78 is 127. The lowest BCUT2D eigenvalue weighted by molar-refractivity contribution is -0.458. The third-order valence-electron chi connectivity index (χ3n) is 2.40. The molecule has 0 saturated carbocycles. The van der Waals surface area contributed by atoms with Crippen LogP contribution in [-0.2, 0) is 9.47 Å². The Morgan fingerprint density at radius 2 is 0.960 bits per heavy atom. The molecule has 0 spiro atoms. The first-order chi connectivity index (χ1) is 10.1. The van der Waals surface area contributed by atoms with Gasteiger partial charge in [-0.3, -0.25) is 18.3 Å². The summed E-state index contributed by atoms with van der Waals surface area (Å²) in [5.74, 6) is -13.1. The number of rotatable bonds is 1. The molecule has 0 N–H and O–H groups in total. The Morgan fingerprint density at radius 3 is 1.04 bits per heavy atom. The zero-order chi connectivity index (χ0) is 19.3. The molecule has 12 heteroatoms. The molecule has 0 aromatic heterocycles. The lowest BCUT2D eigenvalue weighted by Gasteiger charge is -2.31. The van der Waals surface area contributed by atoms with E-state index in [1.54, 1.807) is 6.92 Å². The van der Waals surface area contributed by atoms with E-state index in [-0.39, 0.29) is 35.4 Å². The molecule has 1 saturated heterocycles. The SMILES string of the molecule is C.C.CC1(F)OC(C(F)(F)F)(C(F)(F)F)OC1(C)F.CCCF.CF. The first kappa shape index (κ1) is 31.9. The Labute approximate surface area is 140 Å². The van der Waals surface area contributed by atoms with Gasteiger partial charge in [0, 0.05) is 13.8 Å². The summed E-state index contributed by atoms with van der Waals surface area (Å²) in [6.45, 7) is 1.78. The van der Waals surface area contributed by atoms with Gasteiger partial charge < -0.3 is 0 Å². The number of halogens is 10. The Balaban J connectivity index is -0.000000243. The van der Waals surface area contributed by atoms with Gasteiger partial charge in [-0.15, -0.1) is 0 Å². The van der Waals surface area contributed by atoms with Gasteiger partial charge >= 0.3 is 18.1 Å². The quantitative estimate of drug-likeness (QED) is 0.470. The van der Waals surface area contributed by atoms with E-state index in [1.807, 2.05) is 0 Å². The lowest BCUT2D eigenvalue weighted by Crippen LogP contribution is -2.58. The number of alkyl halides is 10. The van der Waals surface area contributed by atoms with Gasteiger partial charge in [-0.1, -0.05) is 21.8 Å². The van der Waals surface area contributed by atoms with Crippen LogP contribution in [0.15, 0.2) is 0 Å². The van der Waals surface area contributed by atoms with Crippen molar-refractivity contribution in [2.75, 3.05) is 13.9 Å². The maximum Gasteiger partial charge on any atom is 0.453 e. The highest BCUT2D eigenvalue weighted by Crippen LogP contribution is 2.58. The second kappa shape index (κ2) is 10.4. The fourth-order valence-corrected chi connectivity index (χ4v) is 1.14. The molecular weight excluding hydrogens is 378 g/mol. The molecular formula is C13H24F10O2. The van der Waals surface area contributed by atoms with Gasteiger partial charge in [0.2, 0.25) is 0 Å². The minimum atomic E-state index is -6.18. The van der Waals surface area contributed by atoms with E-state index < -0.39 is 29.8 Å². The summed E-state index contributed by atoms with van der Waals surface area (Å²) in [7, 11) is 0.500. The van der Waals surface area contributed by atoms with Gasteiger partial charge in [0.1, 0.15) is 0 Å². The highest BCUT2D eigenvalue weighted by Gasteiger charge is 2.84. The average Bonchev–Trinajstić information content (AvgIpc) is 2.58. The van der Waals surface area contributed by atoms with E-state index in [1.165, 1.54) is 0 Å². The molecule has 0 aromatic rings. The fraction of sp³-hybridized carbons (Fsp3) is 1.00. The molecule has 1 aliphatic heterocycles. The minimum Gasteiger partial charge on any atom is -0.293 e. The van der Waals surface area contributed by atoms with E-state index in [4.69, 9.17) is 0 Å². The summed E-state index contributed by atoms with van der Waals surface area (Å²) in [6, 6.07) is 0. The number of hydrogen-bond donors (Lipinski definition) is 0. The third kappa shape index (κ3) is 6.80. The van der Waals surface area contributed by atoms with Gasteiger partial charge in [-0.05, 0) is 6.42 Å². The molecule has 25 heavy (non-hydrogen) atoms. The van der Waals surface area contributed by atoms with Crippen molar-refractivity contribution in [2.45, 2.75) is 71.9 Å². The van der Waals surface area contributed by atoms with Crippen LogP contribution < -0.4 is 0 Å². The van der Waals surface area contributed by atoms with Gasteiger partial charge in [0.15, 0.2) is 0 Å². The molecule has 0 amide bonds. The monoisotopic (exact) mass is 402 g/mol. The van der Waals surface area contributed by atoms with E-state index in [9.17, 15) is 43.9 Å². The van der Waals surface area contributed by atoms with E-state index in [0.29, 0.717) is 13.6 Å². The topological polar surface area (TPSA) is 18.5 Å². The summed E-state index contributed by atoms with van der Waals surface area (Å²) in [5.41, 5.74) is 0. The van der Waals surface area contributed by atoms with Crippen molar-refractivity contribution in [3.63, 3.8) is 0 Å². The third-order valence-corrected chi connectivity index (χ3v) is 2.40. The molecule has 0 radical (unpaired) electrons. The molecule has 0 aromatic carbocycles. The predicted molar refractivity (Wildman–Crippen MR) is 72.8 cm³/mol. The van der Waals surface area contributed by atoms with E-state index in [0.717, 1.165) is 0 Å². The number of hydrogen-bond acceptors (Lipinski definition) is 2. The second-order valence-corrected chi connectivity index (χ2v) is 4.34. The molecule has 1 rings (SSSR count). The van der Waals surface area contributed by atoms with Crippen LogP contribution >= 0.6 is 0 Å². The highest BCUT2D eigenvalue weighted by atomic mass is 19.4. The average molecular weight is 402 g/mol. The van der Waals surface area contributed by atoms with Crippen molar-refractivity contribution in [2.24, 2.45) is 0 Å².